The molecule has 2 heterocycles. The molecule has 0 N–H and O–H groups in total. The summed E-state index contributed by atoms with van der Waals surface area (Å²) in [5.74, 6) is 2.57. The van der Waals surface area contributed by atoms with Crippen LogP contribution in [0.15, 0.2) is 0 Å². The van der Waals surface area contributed by atoms with E-state index in [1.54, 1.807) is 0 Å². The molecule has 0 aromatic heterocycles. The Morgan fingerprint density at radius 3 is 1.49 bits per heavy atom. The third-order valence-electron chi connectivity index (χ3n) is 9.60. The Kier molecular flexibility index (Phi) is 16.2. The van der Waals surface area contributed by atoms with Crippen molar-refractivity contribution in [2.45, 2.75) is 153 Å². The Morgan fingerprint density at radius 1 is 0.714 bits per heavy atom. The highest BCUT2D eigenvalue weighted by Gasteiger charge is 2.46. The Labute approximate surface area is 224 Å². The molecule has 0 atom stereocenters. The highest BCUT2D eigenvalue weighted by Crippen LogP contribution is 2.45. The summed E-state index contributed by atoms with van der Waals surface area (Å²) in [6, 6.07) is 0. The Bertz CT molecular complexity index is 534. The summed E-state index contributed by atoms with van der Waals surface area (Å²) in [7, 11) is 1.85. The molecule has 2 rings (SSSR count). The molecule has 214 valence electrons. The Balaban J connectivity index is 0. The van der Waals surface area contributed by atoms with Crippen molar-refractivity contribution in [1.82, 2.24) is 9.80 Å². The van der Waals surface area contributed by atoms with E-state index in [2.05, 4.69) is 79.0 Å². The third-order valence-corrected chi connectivity index (χ3v) is 9.60. The topological polar surface area (TPSA) is 15.7 Å². The largest absolute Gasteiger partial charge is 0.377 e. The number of piperidine rings is 2. The molecule has 35 heavy (non-hydrogen) atoms. The second kappa shape index (κ2) is 15.3. The summed E-state index contributed by atoms with van der Waals surface area (Å²) in [4.78, 5) is 5.47. The van der Waals surface area contributed by atoms with Gasteiger partial charge in [-0.1, -0.05) is 62.8 Å². The Hall–Kier alpha value is -0.120. The van der Waals surface area contributed by atoms with Gasteiger partial charge in [0.1, 0.15) is 0 Å². The van der Waals surface area contributed by atoms with Gasteiger partial charge in [0.15, 0.2) is 0 Å². The normalized spacial score (nSPS) is 19.9. The minimum atomic E-state index is -0.139. The average molecular weight is 499 g/mol. The van der Waals surface area contributed by atoms with Crippen molar-refractivity contribution >= 4 is 0 Å². The van der Waals surface area contributed by atoms with E-state index >= 15 is 0 Å². The van der Waals surface area contributed by atoms with E-state index in [1.165, 1.54) is 58.3 Å². The molecule has 0 aromatic rings. The fraction of sp³-hybridized carbons (Fsp3) is 1.00. The first-order chi connectivity index (χ1) is 15.6. The summed E-state index contributed by atoms with van der Waals surface area (Å²) in [6.07, 6.45) is 6.67. The van der Waals surface area contributed by atoms with Gasteiger partial charge in [0, 0.05) is 18.2 Å². The van der Waals surface area contributed by atoms with Crippen LogP contribution >= 0.6 is 0 Å². The predicted octanol–water partition coefficient (Wildman–Crippen LogP) is 9.15. The molecule has 0 amide bonds. The predicted molar refractivity (Wildman–Crippen MR) is 161 cm³/mol. The fourth-order valence-corrected chi connectivity index (χ4v) is 6.39. The van der Waals surface area contributed by atoms with E-state index in [4.69, 9.17) is 4.74 Å². The van der Waals surface area contributed by atoms with Crippen LogP contribution in [0, 0.1) is 23.2 Å². The molecule has 3 nitrogen and oxygen atoms in total. The molecule has 2 fully saturated rings. The maximum atomic E-state index is 5.86. The maximum absolute atomic E-state index is 5.86. The zero-order chi connectivity index (χ0) is 27.0. The van der Waals surface area contributed by atoms with E-state index in [-0.39, 0.29) is 18.6 Å². The van der Waals surface area contributed by atoms with Gasteiger partial charge in [-0.25, -0.2) is 0 Å². The second-order valence-corrected chi connectivity index (χ2v) is 13.1. The van der Waals surface area contributed by atoms with Crippen LogP contribution in [0.4, 0.5) is 0 Å². The molecule has 0 spiro atoms. The van der Waals surface area contributed by atoms with Gasteiger partial charge in [-0.2, -0.15) is 0 Å². The van der Waals surface area contributed by atoms with Gasteiger partial charge < -0.3 is 4.74 Å². The van der Waals surface area contributed by atoms with Crippen LogP contribution in [-0.2, 0) is 4.74 Å². The molecular formula is C32H70N2O. The fourth-order valence-electron chi connectivity index (χ4n) is 6.39. The van der Waals surface area contributed by atoms with Crippen LogP contribution in [0.3, 0.4) is 0 Å². The number of hydrogen-bond acceptors (Lipinski definition) is 3. The zero-order valence-electron chi connectivity index (χ0n) is 26.4. The number of hydrogen-bond donors (Lipinski definition) is 0. The van der Waals surface area contributed by atoms with Gasteiger partial charge in [0.2, 0.25) is 0 Å². The van der Waals surface area contributed by atoms with E-state index in [1.807, 2.05) is 34.8 Å². The van der Waals surface area contributed by atoms with Crippen LogP contribution in [0.5, 0.6) is 0 Å². The molecule has 0 bridgehead atoms. The molecule has 3 heteroatoms. The summed E-state index contributed by atoms with van der Waals surface area (Å²) < 4.78 is 5.86. The Morgan fingerprint density at radius 2 is 1.11 bits per heavy atom. The number of ether oxygens (including phenoxy) is 1. The zero-order valence-corrected chi connectivity index (χ0v) is 26.4. The van der Waals surface area contributed by atoms with E-state index in [9.17, 15) is 0 Å². The monoisotopic (exact) mass is 499 g/mol. The lowest BCUT2D eigenvalue weighted by Gasteiger charge is -2.53. The quantitative estimate of drug-likeness (QED) is 0.332. The summed E-state index contributed by atoms with van der Waals surface area (Å²) >= 11 is 0. The van der Waals surface area contributed by atoms with Crippen molar-refractivity contribution in [2.24, 2.45) is 23.2 Å². The van der Waals surface area contributed by atoms with Crippen molar-refractivity contribution in [3.05, 3.63) is 0 Å². The van der Waals surface area contributed by atoms with Crippen molar-refractivity contribution < 1.29 is 4.74 Å². The van der Waals surface area contributed by atoms with E-state index in [0.717, 1.165) is 17.8 Å². The lowest BCUT2D eigenvalue weighted by molar-refractivity contribution is -0.111. The molecule has 0 aromatic carbocycles. The minimum Gasteiger partial charge on any atom is -0.377 e. The third kappa shape index (κ3) is 9.60. The van der Waals surface area contributed by atoms with Gasteiger partial charge in [0.25, 0.3) is 0 Å². The molecule has 0 aliphatic carbocycles. The van der Waals surface area contributed by atoms with Crippen molar-refractivity contribution in [3.63, 3.8) is 0 Å². The van der Waals surface area contributed by atoms with Crippen molar-refractivity contribution in [1.29, 1.82) is 0 Å². The molecule has 2 saturated heterocycles. The van der Waals surface area contributed by atoms with Gasteiger partial charge in [-0.3, -0.25) is 9.80 Å². The average Bonchev–Trinajstić information content (AvgIpc) is 2.81. The highest BCUT2D eigenvalue weighted by molar-refractivity contribution is 5.00. The molecular weight excluding hydrogens is 428 g/mol. The standard InChI is InChI=1S/C27H54N2O.2C2H6.CH4/c1-21(2)22-12-16-28(17-13-22)25(5,6)20-24(3,4)23-14-18-29(19-15-23)26(7,8)27(9,10)30-11;2*1-2;/h21-23H,12-20H2,1-11H3;2*1-2H3;1H4. The van der Waals surface area contributed by atoms with Gasteiger partial charge in [-0.15, -0.1) is 0 Å². The number of likely N-dealkylation sites (tertiary alicyclic amines) is 2. The maximum Gasteiger partial charge on any atom is 0.0800 e. The van der Waals surface area contributed by atoms with E-state index < -0.39 is 0 Å². The summed E-state index contributed by atoms with van der Waals surface area (Å²) in [5, 5.41) is 0. The van der Waals surface area contributed by atoms with Crippen molar-refractivity contribution in [2.75, 3.05) is 33.3 Å². The van der Waals surface area contributed by atoms with E-state index in [0.29, 0.717) is 11.0 Å². The highest BCUT2D eigenvalue weighted by atomic mass is 16.5. The second-order valence-electron chi connectivity index (χ2n) is 13.1. The van der Waals surface area contributed by atoms with Crippen LogP contribution in [0.25, 0.3) is 0 Å². The van der Waals surface area contributed by atoms with Crippen LogP contribution in [0.1, 0.15) is 136 Å². The molecule has 0 unspecified atom stereocenters. The first-order valence-electron chi connectivity index (χ1n) is 14.7. The first kappa shape index (κ1) is 37.0. The SMILES string of the molecule is C.CC.CC.COC(C)(C)C(C)(C)N1CCC(C(C)(C)CC(C)(C)N2CCC(C(C)C)CC2)CC1. The molecule has 2 aliphatic heterocycles. The molecule has 0 saturated carbocycles. The number of nitrogens with zero attached hydrogens (tertiary/aromatic N) is 2. The van der Waals surface area contributed by atoms with Crippen LogP contribution in [0.2, 0.25) is 0 Å². The first-order valence-corrected chi connectivity index (χ1v) is 14.7. The van der Waals surface area contributed by atoms with Gasteiger partial charge in [0.05, 0.1) is 5.60 Å². The van der Waals surface area contributed by atoms with Crippen LogP contribution < -0.4 is 0 Å². The lowest BCUT2D eigenvalue weighted by atomic mass is 9.66. The summed E-state index contributed by atoms with van der Waals surface area (Å²) in [5.41, 5.74) is 0.585. The number of rotatable bonds is 8. The van der Waals surface area contributed by atoms with Gasteiger partial charge in [-0.05, 0) is 123 Å². The molecule has 2 aliphatic rings. The molecule has 0 radical (unpaired) electrons. The van der Waals surface area contributed by atoms with Gasteiger partial charge >= 0.3 is 0 Å². The van der Waals surface area contributed by atoms with Crippen LogP contribution in [-0.4, -0.2) is 59.8 Å². The minimum absolute atomic E-state index is 0. The number of methoxy groups -OCH3 is 1. The summed E-state index contributed by atoms with van der Waals surface area (Å²) in [6.45, 7) is 37.0. The lowest BCUT2D eigenvalue weighted by Crippen LogP contribution is -2.61. The smallest absolute Gasteiger partial charge is 0.0800 e. The van der Waals surface area contributed by atoms with Crippen molar-refractivity contribution in [3.8, 4) is 0 Å².